The first-order valence-corrected chi connectivity index (χ1v) is 7.15. The Kier molecular flexibility index (Phi) is 4.39. The van der Waals surface area contributed by atoms with Crippen molar-refractivity contribution < 1.29 is 21.6 Å². The summed E-state index contributed by atoms with van der Waals surface area (Å²) in [5, 5.41) is 0. The minimum Gasteiger partial charge on any atom is -0.330 e. The molecule has 102 valence electrons. The summed E-state index contributed by atoms with van der Waals surface area (Å²) in [6.07, 6.45) is -2.86. The van der Waals surface area contributed by atoms with E-state index in [2.05, 4.69) is 0 Å². The molecular formula is C11H14F3NO2S. The quantitative estimate of drug-likeness (QED) is 0.918. The lowest BCUT2D eigenvalue weighted by Gasteiger charge is -2.12. The van der Waals surface area contributed by atoms with Crippen LogP contribution in [0.15, 0.2) is 23.1 Å². The molecule has 0 saturated heterocycles. The number of alkyl halides is 3. The Hall–Kier alpha value is -1.08. The van der Waals surface area contributed by atoms with Crippen LogP contribution in [0.5, 0.6) is 0 Å². The van der Waals surface area contributed by atoms with Gasteiger partial charge < -0.3 is 5.73 Å². The van der Waals surface area contributed by atoms with E-state index >= 15 is 0 Å². The van der Waals surface area contributed by atoms with Crippen molar-refractivity contribution in [3.63, 3.8) is 0 Å². The zero-order valence-corrected chi connectivity index (χ0v) is 10.6. The minimum atomic E-state index is -4.48. The van der Waals surface area contributed by atoms with Crippen LogP contribution in [-0.4, -0.2) is 21.2 Å². The predicted octanol–water partition coefficient (Wildman–Crippen LogP) is 2.00. The fourth-order valence-corrected chi connectivity index (χ4v) is 2.56. The molecule has 0 spiro atoms. The molecule has 18 heavy (non-hydrogen) atoms. The SMILES string of the molecule is CS(=O)(=O)c1ccc(C(F)(F)F)cc1CCCN. The first kappa shape index (κ1) is 15.0. The fraction of sp³-hybridized carbons (Fsp3) is 0.455. The molecule has 0 amide bonds. The molecule has 0 aromatic heterocycles. The molecule has 0 atom stereocenters. The van der Waals surface area contributed by atoms with Crippen molar-refractivity contribution in [3.05, 3.63) is 29.3 Å². The number of hydrogen-bond donors (Lipinski definition) is 1. The third-order valence-electron chi connectivity index (χ3n) is 2.44. The maximum atomic E-state index is 12.5. The molecule has 0 heterocycles. The number of hydrogen-bond acceptors (Lipinski definition) is 3. The minimum absolute atomic E-state index is 0.0658. The lowest BCUT2D eigenvalue weighted by Crippen LogP contribution is -2.10. The van der Waals surface area contributed by atoms with Gasteiger partial charge in [0.15, 0.2) is 9.84 Å². The van der Waals surface area contributed by atoms with Crippen LogP contribution in [0, 0.1) is 0 Å². The molecule has 3 nitrogen and oxygen atoms in total. The first-order valence-electron chi connectivity index (χ1n) is 5.26. The average molecular weight is 281 g/mol. The van der Waals surface area contributed by atoms with E-state index in [1.165, 1.54) is 0 Å². The van der Waals surface area contributed by atoms with E-state index in [9.17, 15) is 21.6 Å². The second-order valence-electron chi connectivity index (χ2n) is 3.98. The average Bonchev–Trinajstić information content (AvgIpc) is 2.23. The molecule has 0 radical (unpaired) electrons. The van der Waals surface area contributed by atoms with Gasteiger partial charge in [-0.2, -0.15) is 13.2 Å². The molecular weight excluding hydrogens is 267 g/mol. The van der Waals surface area contributed by atoms with Crippen molar-refractivity contribution in [2.24, 2.45) is 5.73 Å². The molecule has 0 bridgehead atoms. The predicted molar refractivity (Wildman–Crippen MR) is 61.9 cm³/mol. The van der Waals surface area contributed by atoms with Gasteiger partial charge in [-0.15, -0.1) is 0 Å². The van der Waals surface area contributed by atoms with Crippen LogP contribution in [0.3, 0.4) is 0 Å². The molecule has 0 aliphatic heterocycles. The second-order valence-corrected chi connectivity index (χ2v) is 5.97. The maximum absolute atomic E-state index is 12.5. The molecule has 2 N–H and O–H groups in total. The highest BCUT2D eigenvalue weighted by Gasteiger charge is 2.31. The van der Waals surface area contributed by atoms with Crippen molar-refractivity contribution in [1.82, 2.24) is 0 Å². The van der Waals surface area contributed by atoms with Crippen molar-refractivity contribution >= 4 is 9.84 Å². The zero-order valence-electron chi connectivity index (χ0n) is 9.79. The van der Waals surface area contributed by atoms with Crippen LogP contribution in [0.1, 0.15) is 17.5 Å². The lowest BCUT2D eigenvalue weighted by molar-refractivity contribution is -0.137. The molecule has 1 aromatic rings. The van der Waals surface area contributed by atoms with Gasteiger partial charge in [0.25, 0.3) is 0 Å². The number of sulfone groups is 1. The summed E-state index contributed by atoms with van der Waals surface area (Å²) in [5.74, 6) is 0. The molecule has 1 rings (SSSR count). The molecule has 0 aliphatic carbocycles. The summed E-state index contributed by atoms with van der Waals surface area (Å²) in [6, 6.07) is 2.67. The van der Waals surface area contributed by atoms with E-state index in [0.29, 0.717) is 13.0 Å². The largest absolute Gasteiger partial charge is 0.416 e. The van der Waals surface area contributed by atoms with Crippen LogP contribution in [-0.2, 0) is 22.4 Å². The number of aryl methyl sites for hydroxylation is 1. The summed E-state index contributed by atoms with van der Waals surface area (Å²) in [4.78, 5) is -0.0658. The van der Waals surface area contributed by atoms with Gasteiger partial charge >= 0.3 is 6.18 Å². The van der Waals surface area contributed by atoms with Gasteiger partial charge in [-0.25, -0.2) is 8.42 Å². The van der Waals surface area contributed by atoms with Crippen molar-refractivity contribution in [1.29, 1.82) is 0 Å². The van der Waals surface area contributed by atoms with E-state index in [0.717, 1.165) is 24.5 Å². The molecule has 7 heteroatoms. The fourth-order valence-electron chi connectivity index (χ4n) is 1.61. The van der Waals surface area contributed by atoms with Gasteiger partial charge in [0, 0.05) is 6.26 Å². The Bertz CT molecular complexity index is 524. The number of nitrogens with two attached hydrogens (primary N) is 1. The Morgan fingerprint density at radius 1 is 1.28 bits per heavy atom. The van der Waals surface area contributed by atoms with E-state index < -0.39 is 21.6 Å². The van der Waals surface area contributed by atoms with Crippen LogP contribution in [0.2, 0.25) is 0 Å². The topological polar surface area (TPSA) is 60.2 Å². The molecule has 0 unspecified atom stereocenters. The van der Waals surface area contributed by atoms with Gasteiger partial charge in [0.1, 0.15) is 0 Å². The Balaban J connectivity index is 3.30. The third kappa shape index (κ3) is 3.71. The smallest absolute Gasteiger partial charge is 0.330 e. The van der Waals surface area contributed by atoms with Crippen LogP contribution in [0.4, 0.5) is 13.2 Å². The van der Waals surface area contributed by atoms with Gasteiger partial charge in [0.2, 0.25) is 0 Å². The number of benzene rings is 1. The van der Waals surface area contributed by atoms with Crippen LogP contribution < -0.4 is 5.73 Å². The van der Waals surface area contributed by atoms with E-state index in [-0.39, 0.29) is 16.9 Å². The second kappa shape index (κ2) is 5.27. The van der Waals surface area contributed by atoms with Crippen molar-refractivity contribution in [2.45, 2.75) is 23.9 Å². The standard InChI is InChI=1S/C11H14F3NO2S/c1-18(16,17)10-5-4-9(11(12,13)14)7-8(10)3-2-6-15/h4-5,7H,2-3,6,15H2,1H3. The van der Waals surface area contributed by atoms with Gasteiger partial charge in [-0.3, -0.25) is 0 Å². The normalized spacial score (nSPS) is 12.7. The molecule has 0 fully saturated rings. The molecule has 1 aromatic carbocycles. The zero-order chi connectivity index (χ0) is 14.0. The molecule has 0 aliphatic rings. The van der Waals surface area contributed by atoms with E-state index in [1.54, 1.807) is 0 Å². The molecule has 0 saturated carbocycles. The van der Waals surface area contributed by atoms with E-state index in [4.69, 9.17) is 5.73 Å². The highest BCUT2D eigenvalue weighted by atomic mass is 32.2. The summed E-state index contributed by atoms with van der Waals surface area (Å²) >= 11 is 0. The first-order chi connectivity index (χ1) is 8.16. The monoisotopic (exact) mass is 281 g/mol. The van der Waals surface area contributed by atoms with Crippen LogP contribution >= 0.6 is 0 Å². The Morgan fingerprint density at radius 3 is 2.33 bits per heavy atom. The van der Waals surface area contributed by atoms with Gasteiger partial charge in [-0.05, 0) is 43.1 Å². The van der Waals surface area contributed by atoms with Gasteiger partial charge in [-0.1, -0.05) is 0 Å². The van der Waals surface area contributed by atoms with Crippen molar-refractivity contribution in [2.75, 3.05) is 12.8 Å². The summed E-state index contributed by atoms with van der Waals surface area (Å²) in [7, 11) is -3.53. The summed E-state index contributed by atoms with van der Waals surface area (Å²) in [6.45, 7) is 0.291. The number of halogens is 3. The van der Waals surface area contributed by atoms with Crippen molar-refractivity contribution in [3.8, 4) is 0 Å². The van der Waals surface area contributed by atoms with Crippen LogP contribution in [0.25, 0.3) is 0 Å². The summed E-state index contributed by atoms with van der Waals surface area (Å²) in [5.41, 5.74) is 4.61. The lowest BCUT2D eigenvalue weighted by atomic mass is 10.1. The third-order valence-corrected chi connectivity index (χ3v) is 3.63. The Labute approximate surface area is 104 Å². The highest BCUT2D eigenvalue weighted by molar-refractivity contribution is 7.90. The maximum Gasteiger partial charge on any atom is 0.416 e. The number of rotatable bonds is 4. The van der Waals surface area contributed by atoms with E-state index in [1.807, 2.05) is 0 Å². The Morgan fingerprint density at radius 2 is 1.89 bits per heavy atom. The highest BCUT2D eigenvalue weighted by Crippen LogP contribution is 2.31. The van der Waals surface area contributed by atoms with Gasteiger partial charge in [0.05, 0.1) is 10.5 Å². The summed E-state index contributed by atoms with van der Waals surface area (Å²) < 4.78 is 60.6.